The van der Waals surface area contributed by atoms with Gasteiger partial charge in [-0.15, -0.1) is 0 Å². The van der Waals surface area contributed by atoms with E-state index in [0.717, 1.165) is 49.7 Å². The Hall–Kier alpha value is -3.30. The van der Waals surface area contributed by atoms with Crippen molar-refractivity contribution in [2.24, 2.45) is 16.8 Å². The lowest BCUT2D eigenvalue weighted by Gasteiger charge is -2.35. The van der Waals surface area contributed by atoms with Crippen LogP contribution in [0.25, 0.3) is 0 Å². The van der Waals surface area contributed by atoms with Gasteiger partial charge in [-0.2, -0.15) is 0 Å². The Labute approximate surface area is 248 Å². The van der Waals surface area contributed by atoms with Crippen LogP contribution in [0, 0.1) is 11.8 Å². The molecule has 1 amide bonds. The molecule has 1 N–H and O–H groups in total. The van der Waals surface area contributed by atoms with E-state index in [9.17, 15) is 13.2 Å². The third kappa shape index (κ3) is 5.95. The molecule has 6 aliphatic heterocycles. The number of fused-ring (bicyclic) bond motifs is 1. The summed E-state index contributed by atoms with van der Waals surface area (Å²) in [5.41, 5.74) is 3.09. The first kappa shape index (κ1) is 28.8. The fourth-order valence-corrected chi connectivity index (χ4v) is 8.29. The molecule has 6 heterocycles. The van der Waals surface area contributed by atoms with Gasteiger partial charge in [0, 0.05) is 50.2 Å². The van der Waals surface area contributed by atoms with Crippen LogP contribution in [0.1, 0.15) is 67.3 Å². The molecule has 1 saturated carbocycles. The third-order valence-corrected chi connectivity index (χ3v) is 10.8. The second kappa shape index (κ2) is 12.1. The number of allylic oxidation sites excluding steroid dienone is 2. The van der Waals surface area contributed by atoms with Crippen LogP contribution in [0.2, 0.25) is 0 Å². The van der Waals surface area contributed by atoms with E-state index in [0.29, 0.717) is 55.6 Å². The van der Waals surface area contributed by atoms with Crippen molar-refractivity contribution in [3.63, 3.8) is 0 Å². The molecular weight excluding hydrogens is 551 g/mol. The van der Waals surface area contributed by atoms with Crippen molar-refractivity contribution in [2.45, 2.75) is 56.3 Å². The number of rotatable bonds is 1. The van der Waals surface area contributed by atoms with Crippen molar-refractivity contribution in [1.29, 1.82) is 0 Å². The standard InChI is InChI=1S/C33H39FN4O3S/c1-2-35-32-29-7-4-8-31(32)42(40,41)36-28-15-13-25(14-16-28)33(39)38-19-17-37(18-20-38)22-27-12-11-26(21-30(27)34)23-5-3-6-24(29)10-9-23/h2,4,7-8,12-16,21,23-24,26,36H,3,5-6,9-11,17-20,22H2,1H3. The minimum Gasteiger partial charge on any atom is -0.336 e. The van der Waals surface area contributed by atoms with Gasteiger partial charge in [0.15, 0.2) is 0 Å². The minimum absolute atomic E-state index is 0.0907. The normalized spacial score (nSPS) is 26.7. The first-order valence-corrected chi connectivity index (χ1v) is 16.6. The van der Waals surface area contributed by atoms with Crippen LogP contribution in [-0.4, -0.2) is 63.1 Å². The highest BCUT2D eigenvalue weighted by Crippen LogP contribution is 2.44. The van der Waals surface area contributed by atoms with E-state index < -0.39 is 10.0 Å². The van der Waals surface area contributed by atoms with Gasteiger partial charge in [-0.05, 0) is 104 Å². The van der Waals surface area contributed by atoms with E-state index in [1.54, 1.807) is 49.5 Å². The summed E-state index contributed by atoms with van der Waals surface area (Å²) in [4.78, 5) is 21.9. The topological polar surface area (TPSA) is 82.1 Å². The summed E-state index contributed by atoms with van der Waals surface area (Å²) < 4.78 is 45.5. The first-order chi connectivity index (χ1) is 20.3. The molecule has 1 saturated heterocycles. The van der Waals surface area contributed by atoms with Gasteiger partial charge in [-0.3, -0.25) is 19.4 Å². The van der Waals surface area contributed by atoms with Gasteiger partial charge >= 0.3 is 0 Å². The number of hydrogen-bond acceptors (Lipinski definition) is 5. The molecule has 3 atom stereocenters. The number of piperazine rings is 1. The van der Waals surface area contributed by atoms with Crippen molar-refractivity contribution in [1.82, 2.24) is 9.80 Å². The van der Waals surface area contributed by atoms with Gasteiger partial charge in [0.05, 0.1) is 5.69 Å². The predicted octanol–water partition coefficient (Wildman–Crippen LogP) is 6.44. The third-order valence-electron chi connectivity index (χ3n) is 9.38. The molecule has 10 bridgehead atoms. The quantitative estimate of drug-likeness (QED) is 0.388. The number of hydrogen-bond donors (Lipinski definition) is 1. The molecule has 0 aromatic heterocycles. The number of nitrogens with one attached hydrogen (secondary N) is 1. The minimum atomic E-state index is -3.95. The van der Waals surface area contributed by atoms with Crippen LogP contribution in [0.5, 0.6) is 0 Å². The lowest BCUT2D eigenvalue weighted by Crippen LogP contribution is -2.49. The van der Waals surface area contributed by atoms with Crippen LogP contribution >= 0.6 is 0 Å². The van der Waals surface area contributed by atoms with Crippen molar-refractivity contribution in [3.05, 3.63) is 77.1 Å². The Bertz CT molecular complexity index is 1520. The largest absolute Gasteiger partial charge is 0.336 e. The predicted molar refractivity (Wildman–Crippen MR) is 165 cm³/mol. The fourth-order valence-electron chi connectivity index (χ4n) is 7.05. The number of amides is 1. The number of halogens is 1. The van der Waals surface area contributed by atoms with E-state index in [1.807, 2.05) is 17.0 Å². The van der Waals surface area contributed by atoms with Gasteiger partial charge < -0.3 is 4.90 Å². The molecule has 42 heavy (non-hydrogen) atoms. The summed E-state index contributed by atoms with van der Waals surface area (Å²) in [5, 5.41) is 0. The van der Waals surface area contributed by atoms with Crippen LogP contribution in [-0.2, 0) is 10.0 Å². The average molecular weight is 591 g/mol. The van der Waals surface area contributed by atoms with Gasteiger partial charge in [0.1, 0.15) is 10.7 Å². The summed E-state index contributed by atoms with van der Waals surface area (Å²) in [6.07, 6.45) is 11.3. The van der Waals surface area contributed by atoms with Gasteiger partial charge in [-0.1, -0.05) is 24.6 Å². The van der Waals surface area contributed by atoms with Crippen molar-refractivity contribution in [3.8, 4) is 0 Å². The molecule has 2 aromatic carbocycles. The molecule has 9 heteroatoms. The molecular formula is C33H39FN4O3S. The molecule has 8 aliphatic rings. The highest BCUT2D eigenvalue weighted by molar-refractivity contribution is 7.92. The summed E-state index contributed by atoms with van der Waals surface area (Å²) >= 11 is 0. The summed E-state index contributed by atoms with van der Waals surface area (Å²) in [6, 6.07) is 12.0. The zero-order valence-corrected chi connectivity index (χ0v) is 25.0. The van der Waals surface area contributed by atoms with Crippen LogP contribution in [0.15, 0.2) is 75.9 Å². The number of nitrogens with zero attached hydrogens (tertiary/aromatic N) is 3. The number of para-hydroxylation sites is 1. The maximum atomic E-state index is 15.4. The van der Waals surface area contributed by atoms with Gasteiger partial charge in [0.2, 0.25) is 0 Å². The number of carbonyl (C=O) groups excluding carboxylic acids is 1. The number of aliphatic imine (C=N–C) groups is 1. The van der Waals surface area contributed by atoms with Crippen LogP contribution in [0.4, 0.5) is 15.8 Å². The SMILES string of the molecule is CC=Nc1c2cccc1S(=O)(=O)Nc1ccc(cc1)C(=O)N1CCN(CC1)CC1=CCC(C=C1F)C1CCCC2CC1. The molecule has 2 aromatic rings. The summed E-state index contributed by atoms with van der Waals surface area (Å²) in [5.74, 6) is 0.555. The first-order valence-electron chi connectivity index (χ1n) is 15.1. The fraction of sp³-hybridized carbons (Fsp3) is 0.455. The lowest BCUT2D eigenvalue weighted by atomic mass is 9.80. The zero-order chi connectivity index (χ0) is 29.3. The second-order valence-electron chi connectivity index (χ2n) is 11.9. The molecule has 222 valence electrons. The highest BCUT2D eigenvalue weighted by Gasteiger charge is 2.31. The van der Waals surface area contributed by atoms with Crippen molar-refractivity contribution < 1.29 is 17.6 Å². The lowest BCUT2D eigenvalue weighted by molar-refractivity contribution is 0.0647. The van der Waals surface area contributed by atoms with Crippen molar-refractivity contribution in [2.75, 3.05) is 37.4 Å². The number of benzene rings is 2. The molecule has 7 nitrogen and oxygen atoms in total. The Kier molecular flexibility index (Phi) is 8.32. The number of carbonyl (C=O) groups is 1. The van der Waals surface area contributed by atoms with E-state index >= 15 is 4.39 Å². The summed E-state index contributed by atoms with van der Waals surface area (Å²) in [7, 11) is -3.95. The second-order valence-corrected chi connectivity index (χ2v) is 13.6. The van der Waals surface area contributed by atoms with Crippen LogP contribution < -0.4 is 4.72 Å². The Balaban J connectivity index is 1.36. The van der Waals surface area contributed by atoms with E-state index in [4.69, 9.17) is 0 Å². The molecule has 3 unspecified atom stereocenters. The molecule has 0 spiro atoms. The number of sulfonamides is 1. The maximum absolute atomic E-state index is 15.4. The van der Waals surface area contributed by atoms with Gasteiger partial charge in [0.25, 0.3) is 15.9 Å². The van der Waals surface area contributed by atoms with Crippen LogP contribution in [0.3, 0.4) is 0 Å². The Morgan fingerprint density at radius 1 is 1.00 bits per heavy atom. The maximum Gasteiger partial charge on any atom is 0.264 e. The Morgan fingerprint density at radius 3 is 2.52 bits per heavy atom. The van der Waals surface area contributed by atoms with E-state index in [2.05, 4.69) is 20.7 Å². The molecule has 2 fully saturated rings. The highest BCUT2D eigenvalue weighted by atomic mass is 32.2. The van der Waals surface area contributed by atoms with E-state index in [1.165, 1.54) is 0 Å². The van der Waals surface area contributed by atoms with Gasteiger partial charge in [-0.25, -0.2) is 12.8 Å². The molecule has 0 radical (unpaired) electrons. The number of anilines is 1. The van der Waals surface area contributed by atoms with Crippen molar-refractivity contribution >= 4 is 33.5 Å². The molecule has 2 aliphatic carbocycles. The zero-order valence-electron chi connectivity index (χ0n) is 24.1. The summed E-state index contributed by atoms with van der Waals surface area (Å²) in [6.45, 7) is 4.85. The van der Waals surface area contributed by atoms with E-state index in [-0.39, 0.29) is 28.5 Å². The smallest absolute Gasteiger partial charge is 0.264 e. The Morgan fingerprint density at radius 2 is 1.79 bits per heavy atom. The average Bonchev–Trinajstić information content (AvgIpc) is 3.25. The molecule has 10 rings (SSSR count). The monoisotopic (exact) mass is 590 g/mol.